The zero-order valence-corrected chi connectivity index (χ0v) is 12.7. The minimum atomic E-state index is 0.187. The molecule has 2 aromatic heterocycles. The molecule has 1 atom stereocenters. The van der Waals surface area contributed by atoms with Crippen molar-refractivity contribution < 1.29 is 4.79 Å². The number of halogens is 1. The van der Waals surface area contributed by atoms with E-state index in [0.29, 0.717) is 12.3 Å². The first-order chi connectivity index (χ1) is 8.78. The number of anilines is 1. The number of alkyl halides is 1. The van der Waals surface area contributed by atoms with Crippen LogP contribution in [0.2, 0.25) is 0 Å². The third kappa shape index (κ3) is 2.24. The predicted octanol–water partition coefficient (Wildman–Crippen LogP) is 3.62. The second-order valence-corrected chi connectivity index (χ2v) is 6.65. The highest BCUT2D eigenvalue weighted by Crippen LogP contribution is 2.33. The van der Waals surface area contributed by atoms with Gasteiger partial charge in [0.05, 0.1) is 10.6 Å². The Kier molecular flexibility index (Phi) is 3.50. The number of hydrogen-bond acceptors (Lipinski definition) is 4. The molecule has 0 saturated carbocycles. The van der Waals surface area contributed by atoms with Crippen molar-refractivity contribution in [2.75, 3.05) is 16.8 Å². The van der Waals surface area contributed by atoms with E-state index in [1.54, 1.807) is 22.7 Å². The van der Waals surface area contributed by atoms with Crippen molar-refractivity contribution in [1.29, 1.82) is 0 Å². The number of aromatic nitrogens is 1. The quantitative estimate of drug-likeness (QED) is 0.798. The lowest BCUT2D eigenvalue weighted by Gasteiger charge is -2.11. The molecule has 1 saturated heterocycles. The van der Waals surface area contributed by atoms with Gasteiger partial charge in [0.1, 0.15) is 0 Å². The van der Waals surface area contributed by atoms with Crippen LogP contribution in [0.25, 0.3) is 10.6 Å². The smallest absolute Gasteiger partial charge is 0.229 e. The molecule has 1 unspecified atom stereocenters. The number of hydrogen-bond donors (Lipinski definition) is 0. The van der Waals surface area contributed by atoms with Gasteiger partial charge in [-0.3, -0.25) is 9.69 Å². The number of nitrogens with zero attached hydrogens (tertiary/aromatic N) is 2. The van der Waals surface area contributed by atoms with Gasteiger partial charge in [0.25, 0.3) is 0 Å². The van der Waals surface area contributed by atoms with Crippen LogP contribution in [-0.2, 0) is 4.79 Å². The summed E-state index contributed by atoms with van der Waals surface area (Å²) in [6, 6.07) is 4.07. The van der Waals surface area contributed by atoms with Gasteiger partial charge in [-0.2, -0.15) is 0 Å². The molecule has 2 aromatic rings. The molecule has 0 radical (unpaired) electrons. The minimum absolute atomic E-state index is 0.187. The summed E-state index contributed by atoms with van der Waals surface area (Å²) in [5, 5.41) is 5.76. The van der Waals surface area contributed by atoms with E-state index in [1.807, 2.05) is 21.7 Å². The summed E-state index contributed by atoms with van der Waals surface area (Å²) in [6.45, 7) is 0.779. The van der Waals surface area contributed by atoms with Gasteiger partial charge in [0, 0.05) is 23.7 Å². The highest BCUT2D eigenvalue weighted by atomic mass is 79.9. The van der Waals surface area contributed by atoms with Gasteiger partial charge in [-0.05, 0) is 17.4 Å². The molecule has 6 heteroatoms. The van der Waals surface area contributed by atoms with Crippen molar-refractivity contribution in [2.24, 2.45) is 5.92 Å². The third-order valence-electron chi connectivity index (χ3n) is 2.92. The summed E-state index contributed by atoms with van der Waals surface area (Å²) < 4.78 is 0. The summed E-state index contributed by atoms with van der Waals surface area (Å²) in [7, 11) is 0. The van der Waals surface area contributed by atoms with Crippen molar-refractivity contribution in [2.45, 2.75) is 6.42 Å². The lowest BCUT2D eigenvalue weighted by atomic mass is 10.2. The monoisotopic (exact) mass is 342 g/mol. The van der Waals surface area contributed by atoms with Crippen molar-refractivity contribution in [3.05, 3.63) is 22.9 Å². The number of amides is 1. The third-order valence-corrected chi connectivity index (χ3v) is 5.59. The van der Waals surface area contributed by atoms with Crippen LogP contribution in [0.4, 0.5) is 5.13 Å². The molecule has 0 aromatic carbocycles. The Bertz CT molecular complexity index is 552. The molecule has 0 aliphatic carbocycles. The van der Waals surface area contributed by atoms with Gasteiger partial charge in [-0.25, -0.2) is 4.98 Å². The molecule has 1 amide bonds. The summed E-state index contributed by atoms with van der Waals surface area (Å²) in [6.07, 6.45) is 0.624. The van der Waals surface area contributed by atoms with Crippen LogP contribution in [0, 0.1) is 5.92 Å². The first kappa shape index (κ1) is 12.3. The molecule has 0 N–H and O–H groups in total. The van der Waals surface area contributed by atoms with Crippen molar-refractivity contribution >= 4 is 49.6 Å². The average Bonchev–Trinajstić information content (AvgIpc) is 3.08. The predicted molar refractivity (Wildman–Crippen MR) is 79.7 cm³/mol. The fourth-order valence-electron chi connectivity index (χ4n) is 2.00. The van der Waals surface area contributed by atoms with Crippen LogP contribution in [0.5, 0.6) is 0 Å². The molecule has 0 bridgehead atoms. The van der Waals surface area contributed by atoms with Crippen LogP contribution >= 0.6 is 38.6 Å². The molecule has 1 fully saturated rings. The second-order valence-electron chi connectivity index (χ2n) is 4.22. The van der Waals surface area contributed by atoms with Gasteiger partial charge < -0.3 is 0 Å². The second kappa shape index (κ2) is 5.11. The van der Waals surface area contributed by atoms with E-state index in [9.17, 15) is 4.79 Å². The number of carbonyl (C=O) groups excluding carboxylic acids is 1. The van der Waals surface area contributed by atoms with Crippen LogP contribution < -0.4 is 4.90 Å². The lowest BCUT2D eigenvalue weighted by Crippen LogP contribution is -2.24. The van der Waals surface area contributed by atoms with Gasteiger partial charge in [-0.1, -0.05) is 22.0 Å². The molecule has 1 aliphatic heterocycles. The van der Waals surface area contributed by atoms with Gasteiger partial charge in [-0.15, -0.1) is 22.7 Å². The van der Waals surface area contributed by atoms with E-state index in [2.05, 4.69) is 27.0 Å². The van der Waals surface area contributed by atoms with Gasteiger partial charge in [0.2, 0.25) is 5.91 Å². The topological polar surface area (TPSA) is 33.2 Å². The molecule has 18 heavy (non-hydrogen) atoms. The number of rotatable bonds is 3. The lowest BCUT2D eigenvalue weighted by molar-refractivity contribution is -0.117. The molecule has 0 spiro atoms. The van der Waals surface area contributed by atoms with E-state index >= 15 is 0 Å². The number of thiophene rings is 1. The normalized spacial score (nSPS) is 19.7. The number of thiazole rings is 1. The highest BCUT2D eigenvalue weighted by molar-refractivity contribution is 9.09. The minimum Gasteiger partial charge on any atom is -0.288 e. The molecule has 94 valence electrons. The average molecular weight is 343 g/mol. The van der Waals surface area contributed by atoms with E-state index in [1.165, 1.54) is 0 Å². The maximum Gasteiger partial charge on any atom is 0.229 e. The first-order valence-corrected chi connectivity index (χ1v) is 8.51. The first-order valence-electron chi connectivity index (χ1n) is 5.63. The zero-order valence-electron chi connectivity index (χ0n) is 9.51. The molecular formula is C12H11BrN2OS2. The molecular weight excluding hydrogens is 332 g/mol. The highest BCUT2D eigenvalue weighted by Gasteiger charge is 2.31. The zero-order chi connectivity index (χ0) is 12.5. The fourth-order valence-corrected chi connectivity index (χ4v) is 4.04. The Morgan fingerprint density at radius 3 is 3.06 bits per heavy atom. The van der Waals surface area contributed by atoms with Crippen LogP contribution in [-0.4, -0.2) is 22.8 Å². The van der Waals surface area contributed by atoms with Gasteiger partial charge in [0.15, 0.2) is 5.13 Å². The SMILES string of the molecule is O=C1CC(CBr)CN1c1nc(-c2cccs2)cs1. The Morgan fingerprint density at radius 2 is 2.39 bits per heavy atom. The number of carbonyl (C=O) groups is 1. The van der Waals surface area contributed by atoms with Crippen molar-refractivity contribution in [3.63, 3.8) is 0 Å². The standard InChI is InChI=1S/C12H11BrN2OS2/c13-5-8-4-11(16)15(6-8)12-14-9(7-18-12)10-2-1-3-17-10/h1-3,7-8H,4-6H2. The maximum absolute atomic E-state index is 11.9. The molecule has 3 heterocycles. The van der Waals surface area contributed by atoms with Crippen molar-refractivity contribution in [1.82, 2.24) is 4.98 Å². The summed E-state index contributed by atoms with van der Waals surface area (Å²) >= 11 is 6.66. The van der Waals surface area contributed by atoms with Crippen LogP contribution in [0.15, 0.2) is 22.9 Å². The Labute approximate surface area is 122 Å². The summed E-state index contributed by atoms with van der Waals surface area (Å²) in [5.74, 6) is 0.595. The largest absolute Gasteiger partial charge is 0.288 e. The molecule has 3 rings (SSSR count). The van der Waals surface area contributed by atoms with E-state index in [4.69, 9.17) is 0 Å². The maximum atomic E-state index is 11.9. The van der Waals surface area contributed by atoms with E-state index in [0.717, 1.165) is 27.6 Å². The molecule has 3 nitrogen and oxygen atoms in total. The Hall–Kier alpha value is -0.720. The Morgan fingerprint density at radius 1 is 1.50 bits per heavy atom. The summed E-state index contributed by atoms with van der Waals surface area (Å²) in [5.41, 5.74) is 0.972. The fraction of sp³-hybridized carbons (Fsp3) is 0.333. The Balaban J connectivity index is 1.84. The van der Waals surface area contributed by atoms with Crippen molar-refractivity contribution in [3.8, 4) is 10.6 Å². The van der Waals surface area contributed by atoms with E-state index < -0.39 is 0 Å². The van der Waals surface area contributed by atoms with Crippen LogP contribution in [0.1, 0.15) is 6.42 Å². The van der Waals surface area contributed by atoms with E-state index in [-0.39, 0.29) is 5.91 Å². The summed E-state index contributed by atoms with van der Waals surface area (Å²) in [4.78, 5) is 19.5. The van der Waals surface area contributed by atoms with Gasteiger partial charge >= 0.3 is 0 Å². The van der Waals surface area contributed by atoms with Crippen LogP contribution in [0.3, 0.4) is 0 Å². The molecule has 1 aliphatic rings.